The molecule has 104 valence electrons. The number of amides is 2. The minimum atomic E-state index is -0.184. The summed E-state index contributed by atoms with van der Waals surface area (Å²) in [5.41, 5.74) is 2.13. The van der Waals surface area contributed by atoms with Gasteiger partial charge in [0.1, 0.15) is 0 Å². The van der Waals surface area contributed by atoms with Crippen molar-refractivity contribution in [3.63, 3.8) is 0 Å². The summed E-state index contributed by atoms with van der Waals surface area (Å²) in [4.78, 5) is 24.3. The summed E-state index contributed by atoms with van der Waals surface area (Å²) >= 11 is 4.78. The number of thiophene rings is 1. The van der Waals surface area contributed by atoms with Crippen LogP contribution in [0.2, 0.25) is 0 Å². The Labute approximate surface area is 129 Å². The fraction of sp³-hybridized carbons (Fsp3) is 0.143. The molecule has 0 fully saturated rings. The SMILES string of the molecule is CNC(=O)c1cccc(NC(=O)c2cc(C)c(Br)s2)c1. The molecule has 0 aliphatic carbocycles. The summed E-state index contributed by atoms with van der Waals surface area (Å²) in [7, 11) is 1.57. The van der Waals surface area contributed by atoms with Crippen LogP contribution in [0.5, 0.6) is 0 Å². The minimum Gasteiger partial charge on any atom is -0.355 e. The first-order valence-corrected chi connectivity index (χ1v) is 7.51. The molecule has 6 heteroatoms. The number of halogens is 1. The lowest BCUT2D eigenvalue weighted by Crippen LogP contribution is -2.18. The monoisotopic (exact) mass is 352 g/mol. The molecule has 2 N–H and O–H groups in total. The molecule has 20 heavy (non-hydrogen) atoms. The van der Waals surface area contributed by atoms with Crippen LogP contribution in [-0.2, 0) is 0 Å². The summed E-state index contributed by atoms with van der Waals surface area (Å²) in [6.45, 7) is 1.93. The molecule has 0 bridgehead atoms. The van der Waals surface area contributed by atoms with Crippen LogP contribution in [0, 0.1) is 6.92 Å². The Hall–Kier alpha value is -1.66. The van der Waals surface area contributed by atoms with Crippen molar-refractivity contribution in [3.8, 4) is 0 Å². The van der Waals surface area contributed by atoms with Gasteiger partial charge in [0.25, 0.3) is 11.8 Å². The van der Waals surface area contributed by atoms with Crippen molar-refractivity contribution in [1.82, 2.24) is 5.32 Å². The van der Waals surface area contributed by atoms with Crippen LogP contribution in [0.15, 0.2) is 34.1 Å². The van der Waals surface area contributed by atoms with E-state index in [2.05, 4.69) is 26.6 Å². The van der Waals surface area contributed by atoms with Gasteiger partial charge in [0, 0.05) is 18.3 Å². The summed E-state index contributed by atoms with van der Waals surface area (Å²) in [5.74, 6) is -0.367. The van der Waals surface area contributed by atoms with Gasteiger partial charge in [0.2, 0.25) is 0 Å². The summed E-state index contributed by atoms with van der Waals surface area (Å²) < 4.78 is 0.946. The van der Waals surface area contributed by atoms with Crippen LogP contribution in [0.25, 0.3) is 0 Å². The molecule has 2 rings (SSSR count). The van der Waals surface area contributed by atoms with E-state index in [1.54, 1.807) is 31.3 Å². The van der Waals surface area contributed by atoms with Crippen molar-refractivity contribution in [1.29, 1.82) is 0 Å². The van der Waals surface area contributed by atoms with E-state index in [0.29, 0.717) is 16.1 Å². The molecule has 2 amide bonds. The molecule has 1 aromatic heterocycles. The quantitative estimate of drug-likeness (QED) is 0.888. The Morgan fingerprint density at radius 2 is 1.95 bits per heavy atom. The zero-order valence-corrected chi connectivity index (χ0v) is 13.4. The second-order valence-electron chi connectivity index (χ2n) is 4.18. The molecular formula is C14H13BrN2O2S. The number of hydrogen-bond donors (Lipinski definition) is 2. The first-order chi connectivity index (χ1) is 9.51. The normalized spacial score (nSPS) is 10.2. The highest BCUT2D eigenvalue weighted by Crippen LogP contribution is 2.27. The van der Waals surface area contributed by atoms with E-state index >= 15 is 0 Å². The van der Waals surface area contributed by atoms with Crippen molar-refractivity contribution in [2.24, 2.45) is 0 Å². The molecule has 0 atom stereocenters. The van der Waals surface area contributed by atoms with Gasteiger partial charge in [-0.1, -0.05) is 6.07 Å². The third kappa shape index (κ3) is 3.26. The van der Waals surface area contributed by atoms with Crippen LogP contribution in [-0.4, -0.2) is 18.9 Å². The van der Waals surface area contributed by atoms with Gasteiger partial charge in [-0.25, -0.2) is 0 Å². The number of aryl methyl sites for hydroxylation is 1. The smallest absolute Gasteiger partial charge is 0.265 e. The van der Waals surface area contributed by atoms with Crippen LogP contribution in [0.3, 0.4) is 0 Å². The van der Waals surface area contributed by atoms with Gasteiger partial charge in [-0.3, -0.25) is 9.59 Å². The average Bonchev–Trinajstić information content (AvgIpc) is 2.78. The van der Waals surface area contributed by atoms with Crippen LogP contribution < -0.4 is 10.6 Å². The maximum absolute atomic E-state index is 12.1. The molecule has 0 saturated heterocycles. The number of anilines is 1. The third-order valence-corrected chi connectivity index (χ3v) is 4.83. The molecule has 0 unspecified atom stereocenters. The van der Waals surface area contributed by atoms with E-state index in [4.69, 9.17) is 0 Å². The lowest BCUT2D eigenvalue weighted by Gasteiger charge is -2.05. The lowest BCUT2D eigenvalue weighted by atomic mass is 10.2. The van der Waals surface area contributed by atoms with Crippen molar-refractivity contribution in [3.05, 3.63) is 50.1 Å². The molecule has 0 saturated carbocycles. The molecule has 0 aliphatic rings. The van der Waals surface area contributed by atoms with Crippen LogP contribution >= 0.6 is 27.3 Å². The Bertz CT molecular complexity index is 647. The molecule has 0 aliphatic heterocycles. The number of carbonyl (C=O) groups is 2. The third-order valence-electron chi connectivity index (χ3n) is 2.69. The Kier molecular flexibility index (Phi) is 4.57. The number of benzene rings is 1. The molecule has 1 aromatic carbocycles. The predicted molar refractivity (Wildman–Crippen MR) is 84.5 cm³/mol. The largest absolute Gasteiger partial charge is 0.355 e. The Balaban J connectivity index is 2.17. The average molecular weight is 353 g/mol. The zero-order valence-electron chi connectivity index (χ0n) is 11.0. The number of carbonyl (C=O) groups excluding carboxylic acids is 2. The number of nitrogens with one attached hydrogen (secondary N) is 2. The van der Waals surface area contributed by atoms with E-state index in [1.807, 2.05) is 13.0 Å². The van der Waals surface area contributed by atoms with Gasteiger partial charge in [-0.2, -0.15) is 0 Å². The van der Waals surface area contributed by atoms with Crippen LogP contribution in [0.4, 0.5) is 5.69 Å². The molecular weight excluding hydrogens is 340 g/mol. The summed E-state index contributed by atoms with van der Waals surface area (Å²) in [6, 6.07) is 8.65. The zero-order chi connectivity index (χ0) is 14.7. The van der Waals surface area contributed by atoms with Gasteiger partial charge in [0.05, 0.1) is 8.66 Å². The molecule has 1 heterocycles. The number of rotatable bonds is 3. The van der Waals surface area contributed by atoms with Gasteiger partial charge < -0.3 is 10.6 Å². The maximum atomic E-state index is 12.1. The second kappa shape index (κ2) is 6.19. The van der Waals surface area contributed by atoms with Crippen molar-refractivity contribution in [2.75, 3.05) is 12.4 Å². The number of hydrogen-bond acceptors (Lipinski definition) is 3. The van der Waals surface area contributed by atoms with E-state index in [-0.39, 0.29) is 11.8 Å². The van der Waals surface area contributed by atoms with E-state index in [0.717, 1.165) is 9.35 Å². The Morgan fingerprint density at radius 3 is 2.55 bits per heavy atom. The van der Waals surface area contributed by atoms with E-state index in [1.165, 1.54) is 11.3 Å². The molecule has 4 nitrogen and oxygen atoms in total. The van der Waals surface area contributed by atoms with Gasteiger partial charge in [-0.15, -0.1) is 11.3 Å². The van der Waals surface area contributed by atoms with Gasteiger partial charge in [0.15, 0.2) is 0 Å². The lowest BCUT2D eigenvalue weighted by molar-refractivity contribution is 0.0961. The maximum Gasteiger partial charge on any atom is 0.265 e. The van der Waals surface area contributed by atoms with Crippen LogP contribution in [0.1, 0.15) is 25.6 Å². The first-order valence-electron chi connectivity index (χ1n) is 5.90. The second-order valence-corrected chi connectivity index (χ2v) is 6.55. The fourth-order valence-electron chi connectivity index (χ4n) is 1.65. The minimum absolute atomic E-state index is 0.183. The molecule has 0 radical (unpaired) electrons. The highest BCUT2D eigenvalue weighted by atomic mass is 79.9. The first kappa shape index (κ1) is 14.7. The van der Waals surface area contributed by atoms with E-state index < -0.39 is 0 Å². The molecule has 0 spiro atoms. The molecule has 2 aromatic rings. The summed E-state index contributed by atoms with van der Waals surface area (Å²) in [5, 5.41) is 5.34. The predicted octanol–water partition coefficient (Wildman–Crippen LogP) is 3.43. The van der Waals surface area contributed by atoms with Crippen molar-refractivity contribution >= 4 is 44.8 Å². The highest BCUT2D eigenvalue weighted by molar-refractivity contribution is 9.11. The van der Waals surface area contributed by atoms with Gasteiger partial charge >= 0.3 is 0 Å². The topological polar surface area (TPSA) is 58.2 Å². The highest BCUT2D eigenvalue weighted by Gasteiger charge is 2.12. The van der Waals surface area contributed by atoms with E-state index in [9.17, 15) is 9.59 Å². The van der Waals surface area contributed by atoms with Gasteiger partial charge in [-0.05, 0) is 52.7 Å². The summed E-state index contributed by atoms with van der Waals surface area (Å²) in [6.07, 6.45) is 0. The Morgan fingerprint density at radius 1 is 1.20 bits per heavy atom. The fourth-order valence-corrected chi connectivity index (χ4v) is 3.08. The van der Waals surface area contributed by atoms with Crippen molar-refractivity contribution in [2.45, 2.75) is 6.92 Å². The standard InChI is InChI=1S/C14H13BrN2O2S/c1-8-6-11(20-12(8)15)14(19)17-10-5-3-4-9(7-10)13(18)16-2/h3-7H,1-2H3,(H,16,18)(H,17,19). The van der Waals surface area contributed by atoms with Crippen molar-refractivity contribution < 1.29 is 9.59 Å².